The number of aliphatic hydroxyl groups excluding tert-OH is 2. The van der Waals surface area contributed by atoms with Gasteiger partial charge in [0.05, 0.1) is 0 Å². The molecular formula is C15H26O8. The predicted octanol–water partition coefficient (Wildman–Crippen LogP) is 1.30. The molecule has 0 rings (SSSR count). The van der Waals surface area contributed by atoms with Crippen LogP contribution in [0.2, 0.25) is 0 Å². The number of carboxylic acids is 3. The zero-order chi connectivity index (χ0) is 19.4. The molecule has 23 heavy (non-hydrogen) atoms. The number of aliphatic carboxylic acids is 3. The molecule has 0 saturated carbocycles. The van der Waals surface area contributed by atoms with E-state index in [1.54, 1.807) is 0 Å². The van der Waals surface area contributed by atoms with Gasteiger partial charge < -0.3 is 25.5 Å². The molecule has 134 valence electrons. The maximum absolute atomic E-state index is 9.60. The summed E-state index contributed by atoms with van der Waals surface area (Å²) in [5, 5.41) is 39.6. The molecule has 0 aromatic rings. The van der Waals surface area contributed by atoms with E-state index in [2.05, 4.69) is 19.7 Å². The molecule has 0 aliphatic heterocycles. The molecule has 5 N–H and O–H groups in total. The minimum atomic E-state index is -0.981. The van der Waals surface area contributed by atoms with Gasteiger partial charge in [-0.3, -0.25) is 0 Å². The molecule has 0 aliphatic carbocycles. The van der Waals surface area contributed by atoms with Gasteiger partial charge in [0.15, 0.2) is 0 Å². The number of hydrogen-bond acceptors (Lipinski definition) is 5. The Morgan fingerprint density at radius 1 is 0.826 bits per heavy atom. The molecule has 0 heterocycles. The first-order chi connectivity index (χ1) is 10.5. The summed E-state index contributed by atoms with van der Waals surface area (Å²) in [6, 6.07) is 0. The highest BCUT2D eigenvalue weighted by Gasteiger charge is 1.90. The lowest BCUT2D eigenvalue weighted by atomic mass is 10.3. The van der Waals surface area contributed by atoms with Gasteiger partial charge in [-0.2, -0.15) is 0 Å². The molecule has 0 aromatic heterocycles. The van der Waals surface area contributed by atoms with Crippen LogP contribution in [0.15, 0.2) is 37.0 Å². The topological polar surface area (TPSA) is 152 Å². The van der Waals surface area contributed by atoms with Crippen LogP contribution in [0.5, 0.6) is 0 Å². The van der Waals surface area contributed by atoms with Gasteiger partial charge in [0.1, 0.15) is 0 Å². The normalized spacial score (nSPS) is 7.65. The Morgan fingerprint density at radius 3 is 1.04 bits per heavy atom. The van der Waals surface area contributed by atoms with Gasteiger partial charge in [0.2, 0.25) is 0 Å². The van der Waals surface area contributed by atoms with E-state index in [4.69, 9.17) is 25.5 Å². The Bertz CT molecular complexity index is 333. The maximum Gasteiger partial charge on any atom is 0.330 e. The van der Waals surface area contributed by atoms with Crippen LogP contribution in [0.4, 0.5) is 0 Å². The molecular weight excluding hydrogens is 308 g/mol. The Labute approximate surface area is 135 Å². The zero-order valence-electron chi connectivity index (χ0n) is 13.5. The molecule has 8 heteroatoms. The second-order valence-corrected chi connectivity index (χ2v) is 3.87. The Morgan fingerprint density at radius 2 is 1.00 bits per heavy atom. The molecule has 8 nitrogen and oxygen atoms in total. The Balaban J connectivity index is -0.000000105. The van der Waals surface area contributed by atoms with E-state index >= 15 is 0 Å². The SMILES string of the molecule is C=C(C)C(=O)O.C=C(C)C(=O)O.C=CC(=O)O.OCCCCO. The van der Waals surface area contributed by atoms with Crippen LogP contribution in [-0.4, -0.2) is 56.7 Å². The first-order valence-electron chi connectivity index (χ1n) is 6.32. The molecule has 0 unspecified atom stereocenters. The van der Waals surface area contributed by atoms with Crippen LogP contribution in [0.1, 0.15) is 26.7 Å². The maximum atomic E-state index is 9.60. The van der Waals surface area contributed by atoms with Crippen LogP contribution in [0.3, 0.4) is 0 Å². The lowest BCUT2D eigenvalue weighted by Gasteiger charge is -1.85. The number of aliphatic hydroxyl groups is 2. The van der Waals surface area contributed by atoms with Gasteiger partial charge >= 0.3 is 17.9 Å². The fourth-order valence-electron chi connectivity index (χ4n) is 0.224. The second kappa shape index (κ2) is 21.8. The van der Waals surface area contributed by atoms with Gasteiger partial charge in [0, 0.05) is 30.4 Å². The van der Waals surface area contributed by atoms with Crippen LogP contribution in [-0.2, 0) is 14.4 Å². The third kappa shape index (κ3) is 54.1. The van der Waals surface area contributed by atoms with Crippen molar-refractivity contribution in [3.05, 3.63) is 37.0 Å². The molecule has 0 aromatic carbocycles. The molecule has 0 atom stereocenters. The summed E-state index contributed by atoms with van der Waals surface area (Å²) >= 11 is 0. The zero-order valence-corrected chi connectivity index (χ0v) is 13.5. The summed E-state index contributed by atoms with van der Waals surface area (Å²) < 4.78 is 0. The number of carboxylic acid groups (broad SMARTS) is 3. The first-order valence-corrected chi connectivity index (χ1v) is 6.32. The number of unbranched alkanes of at least 4 members (excludes halogenated alkanes) is 1. The van der Waals surface area contributed by atoms with E-state index in [-0.39, 0.29) is 24.4 Å². The highest BCUT2D eigenvalue weighted by Crippen LogP contribution is 1.81. The van der Waals surface area contributed by atoms with Crippen molar-refractivity contribution in [1.82, 2.24) is 0 Å². The van der Waals surface area contributed by atoms with Crippen molar-refractivity contribution in [2.75, 3.05) is 13.2 Å². The fourth-order valence-corrected chi connectivity index (χ4v) is 0.224. The summed E-state index contributed by atoms with van der Waals surface area (Å²) in [5.74, 6) is -2.85. The van der Waals surface area contributed by atoms with E-state index in [1.807, 2.05) is 0 Å². The van der Waals surface area contributed by atoms with Gasteiger partial charge in [-0.05, 0) is 26.7 Å². The van der Waals surface area contributed by atoms with Gasteiger partial charge in [-0.25, -0.2) is 14.4 Å². The molecule has 0 spiro atoms. The highest BCUT2D eigenvalue weighted by molar-refractivity contribution is 5.85. The fraction of sp³-hybridized carbons (Fsp3) is 0.400. The number of hydrogen-bond donors (Lipinski definition) is 5. The van der Waals surface area contributed by atoms with Gasteiger partial charge in [0.25, 0.3) is 0 Å². The summed E-state index contributed by atoms with van der Waals surface area (Å²) in [6.45, 7) is 12.6. The third-order valence-electron chi connectivity index (χ3n) is 1.47. The van der Waals surface area contributed by atoms with Crippen LogP contribution >= 0.6 is 0 Å². The lowest BCUT2D eigenvalue weighted by Crippen LogP contribution is -1.92. The average Bonchev–Trinajstić information content (AvgIpc) is 2.46. The van der Waals surface area contributed by atoms with E-state index in [0.29, 0.717) is 0 Å². The summed E-state index contributed by atoms with van der Waals surface area (Å²) in [4.78, 5) is 28.4. The highest BCUT2D eigenvalue weighted by atomic mass is 16.4. The standard InChI is InChI=1S/2C4H6O2.C4H10O2.C3H4O2/c2*1-3(2)4(5)6;5-3-1-2-4-6;1-2-3(4)5/h2*1H2,2H3,(H,5,6);5-6H,1-4H2;2H,1H2,(H,4,5). The van der Waals surface area contributed by atoms with Crippen molar-refractivity contribution in [1.29, 1.82) is 0 Å². The molecule has 0 aliphatic rings. The van der Waals surface area contributed by atoms with Crippen molar-refractivity contribution >= 4 is 17.9 Å². The van der Waals surface area contributed by atoms with Crippen LogP contribution < -0.4 is 0 Å². The molecule has 0 bridgehead atoms. The second-order valence-electron chi connectivity index (χ2n) is 3.87. The number of rotatable bonds is 6. The minimum Gasteiger partial charge on any atom is -0.478 e. The summed E-state index contributed by atoms with van der Waals surface area (Å²) in [7, 11) is 0. The van der Waals surface area contributed by atoms with E-state index in [1.165, 1.54) is 13.8 Å². The largest absolute Gasteiger partial charge is 0.478 e. The van der Waals surface area contributed by atoms with Gasteiger partial charge in [-0.15, -0.1) is 0 Å². The smallest absolute Gasteiger partial charge is 0.330 e. The van der Waals surface area contributed by atoms with E-state index in [9.17, 15) is 14.4 Å². The first kappa shape index (κ1) is 28.7. The molecule has 0 amide bonds. The molecule has 0 saturated heterocycles. The van der Waals surface area contributed by atoms with Crippen LogP contribution in [0, 0.1) is 0 Å². The summed E-state index contributed by atoms with van der Waals surface area (Å²) in [5.41, 5.74) is 0.352. The van der Waals surface area contributed by atoms with Crippen molar-refractivity contribution in [3.63, 3.8) is 0 Å². The molecule has 0 radical (unpaired) electrons. The quantitative estimate of drug-likeness (QED) is 0.360. The Kier molecular flexibility index (Phi) is 27.2. The lowest BCUT2D eigenvalue weighted by molar-refractivity contribution is -0.133. The number of carbonyl (C=O) groups is 3. The average molecular weight is 334 g/mol. The Hall–Kier alpha value is -2.45. The summed E-state index contributed by atoms with van der Waals surface area (Å²) in [6.07, 6.45) is 2.27. The van der Waals surface area contributed by atoms with E-state index in [0.717, 1.165) is 18.9 Å². The van der Waals surface area contributed by atoms with Crippen molar-refractivity contribution in [2.45, 2.75) is 26.7 Å². The van der Waals surface area contributed by atoms with Crippen molar-refractivity contribution in [2.24, 2.45) is 0 Å². The van der Waals surface area contributed by atoms with Crippen molar-refractivity contribution in [3.8, 4) is 0 Å². The van der Waals surface area contributed by atoms with Crippen molar-refractivity contribution < 1.29 is 39.9 Å². The van der Waals surface area contributed by atoms with Crippen LogP contribution in [0.25, 0.3) is 0 Å². The molecule has 0 fully saturated rings. The van der Waals surface area contributed by atoms with Gasteiger partial charge in [-0.1, -0.05) is 19.7 Å². The third-order valence-corrected chi connectivity index (χ3v) is 1.47. The minimum absolute atomic E-state index is 0.176. The van der Waals surface area contributed by atoms with E-state index < -0.39 is 17.9 Å². The monoisotopic (exact) mass is 334 g/mol. The predicted molar refractivity (Wildman–Crippen MR) is 86.1 cm³/mol.